The quantitative estimate of drug-likeness (QED) is 0.163. The second-order valence-electron chi connectivity index (χ2n) is 10.6. The predicted octanol–water partition coefficient (Wildman–Crippen LogP) is 6.40. The molecule has 4 rings (SSSR count). The molecule has 7 nitrogen and oxygen atoms in total. The van der Waals surface area contributed by atoms with Crippen molar-refractivity contribution in [1.29, 1.82) is 0 Å². The van der Waals surface area contributed by atoms with E-state index in [2.05, 4.69) is 5.32 Å². The van der Waals surface area contributed by atoms with Gasteiger partial charge in [0.1, 0.15) is 12.6 Å². The first-order chi connectivity index (χ1) is 21.2. The third-order valence-electron chi connectivity index (χ3n) is 7.27. The molecule has 0 bridgehead atoms. The van der Waals surface area contributed by atoms with Gasteiger partial charge in [0, 0.05) is 19.5 Å². The van der Waals surface area contributed by atoms with Crippen LogP contribution in [0.4, 0.5) is 5.69 Å². The van der Waals surface area contributed by atoms with Crippen LogP contribution in [-0.4, -0.2) is 44.3 Å². The molecule has 0 aliphatic heterocycles. The van der Waals surface area contributed by atoms with Crippen LogP contribution in [0.25, 0.3) is 0 Å². The molecule has 0 aromatic heterocycles. The molecule has 0 saturated heterocycles. The number of amides is 2. The van der Waals surface area contributed by atoms with E-state index in [0.717, 1.165) is 33.8 Å². The number of carbonyl (C=O) groups is 2. The second-order valence-corrected chi connectivity index (χ2v) is 12.9. The first-order valence-electron chi connectivity index (χ1n) is 14.7. The Hall–Kier alpha value is -4.14. The number of unbranched alkanes of at least 4 members (excludes halogenated alkanes) is 1. The standard InChI is InChI=1S/C35H38ClN3O4S/c1-3-4-22-37-35(41)33(24-28-15-7-5-8-16-28)38(25-29-17-13-14-27(2)23-29)34(40)26-39(32-21-12-11-20-31(32)36)44(42,43)30-18-9-6-10-19-30/h5-21,23,33H,3-4,22,24-26H2,1-2H3,(H,37,41)/t33-/m0/s1. The highest BCUT2D eigenvalue weighted by atomic mass is 35.5. The molecule has 1 N–H and O–H groups in total. The molecule has 230 valence electrons. The molecule has 4 aromatic carbocycles. The highest BCUT2D eigenvalue weighted by molar-refractivity contribution is 7.92. The fraction of sp³-hybridized carbons (Fsp3) is 0.257. The van der Waals surface area contributed by atoms with Gasteiger partial charge in [-0.05, 0) is 48.7 Å². The van der Waals surface area contributed by atoms with Gasteiger partial charge in [0.25, 0.3) is 10.0 Å². The van der Waals surface area contributed by atoms with E-state index in [1.165, 1.54) is 17.0 Å². The summed E-state index contributed by atoms with van der Waals surface area (Å²) in [6.45, 7) is 4.03. The number of hydrogen-bond acceptors (Lipinski definition) is 4. The molecular weight excluding hydrogens is 594 g/mol. The maximum absolute atomic E-state index is 14.5. The Balaban J connectivity index is 1.79. The third kappa shape index (κ3) is 8.49. The molecule has 1 atom stereocenters. The number of aryl methyl sites for hydroxylation is 1. The Labute approximate surface area is 265 Å². The van der Waals surface area contributed by atoms with Crippen molar-refractivity contribution in [3.63, 3.8) is 0 Å². The lowest BCUT2D eigenvalue weighted by atomic mass is 10.0. The van der Waals surface area contributed by atoms with Crippen molar-refractivity contribution in [3.05, 3.63) is 131 Å². The zero-order valence-corrected chi connectivity index (χ0v) is 26.6. The third-order valence-corrected chi connectivity index (χ3v) is 9.36. The van der Waals surface area contributed by atoms with Crippen LogP contribution in [0.1, 0.15) is 36.5 Å². The molecule has 0 spiro atoms. The normalized spacial score (nSPS) is 11.9. The summed E-state index contributed by atoms with van der Waals surface area (Å²) >= 11 is 6.52. The van der Waals surface area contributed by atoms with Crippen LogP contribution < -0.4 is 9.62 Å². The average molecular weight is 632 g/mol. The Bertz CT molecular complexity index is 1650. The lowest BCUT2D eigenvalue weighted by Crippen LogP contribution is -2.53. The monoisotopic (exact) mass is 631 g/mol. The van der Waals surface area contributed by atoms with E-state index >= 15 is 0 Å². The van der Waals surface area contributed by atoms with E-state index in [4.69, 9.17) is 11.6 Å². The molecule has 44 heavy (non-hydrogen) atoms. The number of nitrogens with zero attached hydrogens (tertiary/aromatic N) is 2. The van der Waals surface area contributed by atoms with Gasteiger partial charge in [-0.15, -0.1) is 0 Å². The van der Waals surface area contributed by atoms with Crippen LogP contribution in [0.3, 0.4) is 0 Å². The highest BCUT2D eigenvalue weighted by Gasteiger charge is 2.35. The van der Waals surface area contributed by atoms with E-state index in [1.54, 1.807) is 42.5 Å². The van der Waals surface area contributed by atoms with Crippen molar-refractivity contribution in [3.8, 4) is 0 Å². The van der Waals surface area contributed by atoms with Crippen LogP contribution in [0, 0.1) is 6.92 Å². The van der Waals surface area contributed by atoms with Crippen molar-refractivity contribution in [2.75, 3.05) is 17.4 Å². The number of carbonyl (C=O) groups excluding carboxylic acids is 2. The summed E-state index contributed by atoms with van der Waals surface area (Å²) in [7, 11) is -4.21. The number of halogens is 1. The fourth-order valence-corrected chi connectivity index (χ4v) is 6.70. The van der Waals surface area contributed by atoms with Crippen LogP contribution in [0.5, 0.6) is 0 Å². The first kappa shape index (κ1) is 32.8. The fourth-order valence-electron chi connectivity index (χ4n) is 4.95. The zero-order chi connectivity index (χ0) is 31.5. The van der Waals surface area contributed by atoms with Crippen molar-refractivity contribution < 1.29 is 18.0 Å². The Morgan fingerprint density at radius 3 is 2.14 bits per heavy atom. The van der Waals surface area contributed by atoms with Crippen molar-refractivity contribution in [2.24, 2.45) is 0 Å². The van der Waals surface area contributed by atoms with Crippen molar-refractivity contribution in [1.82, 2.24) is 10.2 Å². The summed E-state index contributed by atoms with van der Waals surface area (Å²) in [6.07, 6.45) is 1.96. The van der Waals surface area contributed by atoms with Crippen molar-refractivity contribution >= 4 is 39.1 Å². The largest absolute Gasteiger partial charge is 0.354 e. The number of rotatable bonds is 14. The van der Waals surface area contributed by atoms with Gasteiger partial charge in [-0.3, -0.25) is 13.9 Å². The minimum Gasteiger partial charge on any atom is -0.354 e. The maximum Gasteiger partial charge on any atom is 0.264 e. The molecule has 0 fully saturated rings. The minimum atomic E-state index is -4.21. The summed E-state index contributed by atoms with van der Waals surface area (Å²) in [4.78, 5) is 29.8. The Kier molecular flexibility index (Phi) is 11.6. The van der Waals surface area contributed by atoms with Crippen LogP contribution >= 0.6 is 11.6 Å². The van der Waals surface area contributed by atoms with E-state index in [9.17, 15) is 18.0 Å². The van der Waals surface area contributed by atoms with Gasteiger partial charge < -0.3 is 10.2 Å². The van der Waals surface area contributed by atoms with E-state index < -0.39 is 28.5 Å². The Morgan fingerprint density at radius 2 is 1.48 bits per heavy atom. The summed E-state index contributed by atoms with van der Waals surface area (Å²) in [6, 6.07) is 30.8. The van der Waals surface area contributed by atoms with E-state index in [1.807, 2.05) is 68.4 Å². The second kappa shape index (κ2) is 15.5. The zero-order valence-electron chi connectivity index (χ0n) is 25.0. The average Bonchev–Trinajstić information content (AvgIpc) is 3.03. The molecule has 0 aliphatic carbocycles. The highest BCUT2D eigenvalue weighted by Crippen LogP contribution is 2.31. The van der Waals surface area contributed by atoms with Gasteiger partial charge in [-0.1, -0.05) is 115 Å². The summed E-state index contributed by atoms with van der Waals surface area (Å²) in [5, 5.41) is 3.18. The van der Waals surface area contributed by atoms with Crippen LogP contribution in [0.2, 0.25) is 5.02 Å². The number of sulfonamides is 1. The van der Waals surface area contributed by atoms with E-state index in [0.29, 0.717) is 6.54 Å². The number of anilines is 1. The number of benzene rings is 4. The predicted molar refractivity (Wildman–Crippen MR) is 176 cm³/mol. The molecule has 0 saturated carbocycles. The van der Waals surface area contributed by atoms with Crippen LogP contribution in [-0.2, 0) is 32.6 Å². The summed E-state index contributed by atoms with van der Waals surface area (Å²) in [5.74, 6) is -0.823. The van der Waals surface area contributed by atoms with Gasteiger partial charge in [-0.25, -0.2) is 8.42 Å². The molecule has 9 heteroatoms. The lowest BCUT2D eigenvalue weighted by molar-refractivity contribution is -0.140. The summed E-state index contributed by atoms with van der Waals surface area (Å²) in [5.41, 5.74) is 2.89. The lowest BCUT2D eigenvalue weighted by Gasteiger charge is -2.34. The molecular formula is C35H38ClN3O4S. The smallest absolute Gasteiger partial charge is 0.264 e. The van der Waals surface area contributed by atoms with Crippen molar-refractivity contribution in [2.45, 2.75) is 50.6 Å². The SMILES string of the molecule is CCCCNC(=O)[C@H](Cc1ccccc1)N(Cc1cccc(C)c1)C(=O)CN(c1ccccc1Cl)S(=O)(=O)c1ccccc1. The molecule has 0 radical (unpaired) electrons. The molecule has 0 heterocycles. The number of nitrogens with one attached hydrogen (secondary N) is 1. The molecule has 2 amide bonds. The minimum absolute atomic E-state index is 0.0242. The van der Waals surface area contributed by atoms with Gasteiger partial charge in [0.2, 0.25) is 11.8 Å². The van der Waals surface area contributed by atoms with Gasteiger partial charge in [0.05, 0.1) is 15.6 Å². The van der Waals surface area contributed by atoms with Crippen LogP contribution in [0.15, 0.2) is 114 Å². The molecule has 4 aromatic rings. The topological polar surface area (TPSA) is 86.8 Å². The number of hydrogen-bond donors (Lipinski definition) is 1. The number of para-hydroxylation sites is 1. The molecule has 0 unspecified atom stereocenters. The van der Waals surface area contributed by atoms with Gasteiger partial charge in [0.15, 0.2) is 0 Å². The Morgan fingerprint density at radius 1 is 0.841 bits per heavy atom. The van der Waals surface area contributed by atoms with E-state index in [-0.39, 0.29) is 34.5 Å². The first-order valence-corrected chi connectivity index (χ1v) is 16.5. The molecule has 0 aliphatic rings. The maximum atomic E-state index is 14.5. The summed E-state index contributed by atoms with van der Waals surface area (Å²) < 4.78 is 29.1. The van der Waals surface area contributed by atoms with Gasteiger partial charge >= 0.3 is 0 Å². The van der Waals surface area contributed by atoms with Gasteiger partial charge in [-0.2, -0.15) is 0 Å².